The molecular formula is C24H24N6O. The van der Waals surface area contributed by atoms with Crippen LogP contribution in [0.15, 0.2) is 54.9 Å². The van der Waals surface area contributed by atoms with Crippen LogP contribution in [0.5, 0.6) is 0 Å². The molecule has 0 bridgehead atoms. The summed E-state index contributed by atoms with van der Waals surface area (Å²) in [6.07, 6.45) is 8.67. The Morgan fingerprint density at radius 2 is 1.90 bits per heavy atom. The second-order valence-corrected chi connectivity index (χ2v) is 7.81. The quantitative estimate of drug-likeness (QED) is 0.541. The first kappa shape index (κ1) is 19.4. The molecule has 0 aliphatic carbocycles. The lowest BCUT2D eigenvalue weighted by molar-refractivity contribution is 0.0955. The summed E-state index contributed by atoms with van der Waals surface area (Å²) in [5, 5.41) is 12.6. The second-order valence-electron chi connectivity index (χ2n) is 7.81. The number of hydrogen-bond donors (Lipinski definition) is 1. The van der Waals surface area contributed by atoms with Gasteiger partial charge < -0.3 is 9.88 Å². The van der Waals surface area contributed by atoms with Gasteiger partial charge in [0.1, 0.15) is 11.6 Å². The zero-order valence-corrected chi connectivity index (χ0v) is 17.3. The van der Waals surface area contributed by atoms with Crippen LogP contribution in [0.25, 0.3) is 22.2 Å². The fraction of sp³-hybridized carbons (Fsp3) is 0.292. The standard InChI is InChI=1S/C24H24N6O/c31-24(26-14-11-23-29-28-22-8-2-1-5-15-30(22)23)19-16-21(17-9-12-25-13-10-17)27-20-7-4-3-6-18(19)20/h3-4,6-7,9-10,12-13,16H,1-2,5,8,11,14-15H2,(H,26,31). The summed E-state index contributed by atoms with van der Waals surface area (Å²) >= 11 is 0. The highest BCUT2D eigenvalue weighted by Gasteiger charge is 2.16. The van der Waals surface area contributed by atoms with Gasteiger partial charge in [0.15, 0.2) is 0 Å². The van der Waals surface area contributed by atoms with Gasteiger partial charge in [-0.1, -0.05) is 24.6 Å². The fourth-order valence-corrected chi connectivity index (χ4v) is 4.15. The van der Waals surface area contributed by atoms with Crippen LogP contribution in [0.2, 0.25) is 0 Å². The number of carbonyl (C=O) groups is 1. The van der Waals surface area contributed by atoms with E-state index in [0.29, 0.717) is 18.5 Å². The highest BCUT2D eigenvalue weighted by Crippen LogP contribution is 2.24. The topological polar surface area (TPSA) is 85.6 Å². The minimum Gasteiger partial charge on any atom is -0.352 e. The average Bonchev–Trinajstić information content (AvgIpc) is 3.04. The Hall–Kier alpha value is -3.61. The van der Waals surface area contributed by atoms with Gasteiger partial charge in [0.05, 0.1) is 16.8 Å². The van der Waals surface area contributed by atoms with Crippen molar-refractivity contribution < 1.29 is 4.79 Å². The number of aromatic nitrogens is 5. The lowest BCUT2D eigenvalue weighted by Crippen LogP contribution is -2.27. The van der Waals surface area contributed by atoms with E-state index in [1.54, 1.807) is 12.4 Å². The molecule has 0 saturated carbocycles. The van der Waals surface area contributed by atoms with Gasteiger partial charge in [0, 0.05) is 49.3 Å². The molecule has 7 nitrogen and oxygen atoms in total. The van der Waals surface area contributed by atoms with E-state index in [-0.39, 0.29) is 5.91 Å². The third-order valence-corrected chi connectivity index (χ3v) is 5.76. The third-order valence-electron chi connectivity index (χ3n) is 5.76. The Labute approximate surface area is 180 Å². The first-order valence-corrected chi connectivity index (χ1v) is 10.8. The van der Waals surface area contributed by atoms with Crippen molar-refractivity contribution in [3.63, 3.8) is 0 Å². The number of hydrogen-bond acceptors (Lipinski definition) is 5. The summed E-state index contributed by atoms with van der Waals surface area (Å²) < 4.78 is 2.22. The molecule has 4 aromatic rings. The first-order chi connectivity index (χ1) is 15.3. The maximum Gasteiger partial charge on any atom is 0.252 e. The molecule has 0 unspecified atom stereocenters. The summed E-state index contributed by atoms with van der Waals surface area (Å²) in [7, 11) is 0. The van der Waals surface area contributed by atoms with Crippen molar-refractivity contribution in [2.45, 2.75) is 38.6 Å². The molecule has 0 fully saturated rings. The molecule has 7 heteroatoms. The van der Waals surface area contributed by atoms with Gasteiger partial charge in [-0.3, -0.25) is 9.78 Å². The number of rotatable bonds is 5. The van der Waals surface area contributed by atoms with Gasteiger partial charge in [-0.2, -0.15) is 0 Å². The molecule has 3 aromatic heterocycles. The van der Waals surface area contributed by atoms with Crippen molar-refractivity contribution in [3.8, 4) is 11.3 Å². The van der Waals surface area contributed by atoms with Crippen molar-refractivity contribution in [1.29, 1.82) is 0 Å². The van der Waals surface area contributed by atoms with Crippen LogP contribution in [0.1, 0.15) is 41.3 Å². The van der Waals surface area contributed by atoms with Gasteiger partial charge in [-0.25, -0.2) is 4.98 Å². The number of nitrogens with one attached hydrogen (secondary N) is 1. The number of nitrogens with zero attached hydrogens (tertiary/aromatic N) is 5. The van der Waals surface area contributed by atoms with Crippen LogP contribution >= 0.6 is 0 Å². The highest BCUT2D eigenvalue weighted by atomic mass is 16.1. The predicted molar refractivity (Wildman–Crippen MR) is 119 cm³/mol. The van der Waals surface area contributed by atoms with E-state index in [9.17, 15) is 4.79 Å². The number of benzene rings is 1. The molecule has 5 rings (SSSR count). The molecule has 0 saturated heterocycles. The molecule has 0 radical (unpaired) electrons. The summed E-state index contributed by atoms with van der Waals surface area (Å²) in [5.41, 5.74) is 3.11. The van der Waals surface area contributed by atoms with Gasteiger partial charge >= 0.3 is 0 Å². The molecule has 0 spiro atoms. The van der Waals surface area contributed by atoms with Gasteiger partial charge in [-0.05, 0) is 37.1 Å². The van der Waals surface area contributed by atoms with Crippen LogP contribution in [0.3, 0.4) is 0 Å². The van der Waals surface area contributed by atoms with Gasteiger partial charge in [0.2, 0.25) is 0 Å². The number of carbonyl (C=O) groups excluding carboxylic acids is 1. The van der Waals surface area contributed by atoms with Crippen molar-refractivity contribution in [2.75, 3.05) is 6.54 Å². The Bertz CT molecular complexity index is 1220. The molecular weight excluding hydrogens is 388 g/mol. The molecule has 4 heterocycles. The van der Waals surface area contributed by atoms with Crippen molar-refractivity contribution in [3.05, 3.63) is 72.1 Å². The monoisotopic (exact) mass is 412 g/mol. The van der Waals surface area contributed by atoms with Crippen LogP contribution in [-0.4, -0.2) is 37.2 Å². The van der Waals surface area contributed by atoms with Crippen LogP contribution in [0, 0.1) is 0 Å². The summed E-state index contributed by atoms with van der Waals surface area (Å²) in [5.74, 6) is 1.92. The molecule has 1 aromatic carbocycles. The molecule has 0 atom stereocenters. The maximum atomic E-state index is 13.1. The molecule has 156 valence electrons. The van der Waals surface area contributed by atoms with Crippen LogP contribution in [0.4, 0.5) is 0 Å². The minimum atomic E-state index is -0.107. The molecule has 1 N–H and O–H groups in total. The summed E-state index contributed by atoms with van der Waals surface area (Å²) in [6.45, 7) is 1.48. The smallest absolute Gasteiger partial charge is 0.252 e. The van der Waals surface area contributed by atoms with Gasteiger partial charge in [-0.15, -0.1) is 10.2 Å². The maximum absolute atomic E-state index is 13.1. The number of fused-ring (bicyclic) bond motifs is 2. The largest absolute Gasteiger partial charge is 0.352 e. The zero-order chi connectivity index (χ0) is 21.0. The first-order valence-electron chi connectivity index (χ1n) is 10.8. The molecule has 31 heavy (non-hydrogen) atoms. The van der Waals surface area contributed by atoms with E-state index in [0.717, 1.165) is 53.2 Å². The summed E-state index contributed by atoms with van der Waals surface area (Å²) in [4.78, 5) is 21.9. The Morgan fingerprint density at radius 1 is 1.03 bits per heavy atom. The number of amides is 1. The van der Waals surface area contributed by atoms with Crippen molar-refractivity contribution in [2.24, 2.45) is 0 Å². The minimum absolute atomic E-state index is 0.107. The van der Waals surface area contributed by atoms with Gasteiger partial charge in [0.25, 0.3) is 5.91 Å². The SMILES string of the molecule is O=C(NCCc1nnc2n1CCCCC2)c1cc(-c2ccncc2)nc2ccccc12. The van der Waals surface area contributed by atoms with E-state index >= 15 is 0 Å². The molecule has 1 amide bonds. The predicted octanol–water partition coefficient (Wildman–Crippen LogP) is 3.59. The normalized spacial score (nSPS) is 13.5. The van der Waals surface area contributed by atoms with E-state index < -0.39 is 0 Å². The van der Waals surface area contributed by atoms with Crippen molar-refractivity contribution >= 4 is 16.8 Å². The van der Waals surface area contributed by atoms with E-state index in [2.05, 4.69) is 25.1 Å². The lowest BCUT2D eigenvalue weighted by atomic mass is 10.0. The van der Waals surface area contributed by atoms with E-state index in [1.807, 2.05) is 42.5 Å². The van der Waals surface area contributed by atoms with E-state index in [1.165, 1.54) is 12.8 Å². The zero-order valence-electron chi connectivity index (χ0n) is 17.3. The van der Waals surface area contributed by atoms with Crippen LogP contribution in [-0.2, 0) is 19.4 Å². The Kier molecular flexibility index (Phi) is 5.39. The second kappa shape index (κ2) is 8.63. The number of aryl methyl sites for hydroxylation is 1. The van der Waals surface area contributed by atoms with Crippen LogP contribution < -0.4 is 5.32 Å². The lowest BCUT2D eigenvalue weighted by Gasteiger charge is -2.11. The number of pyridine rings is 2. The fourth-order valence-electron chi connectivity index (χ4n) is 4.15. The average molecular weight is 412 g/mol. The third kappa shape index (κ3) is 4.03. The molecule has 1 aliphatic heterocycles. The number of para-hydroxylation sites is 1. The van der Waals surface area contributed by atoms with Crippen molar-refractivity contribution in [1.82, 2.24) is 30.0 Å². The summed E-state index contributed by atoms with van der Waals surface area (Å²) in [6, 6.07) is 13.4. The Balaban J connectivity index is 1.37. The molecule has 1 aliphatic rings. The highest BCUT2D eigenvalue weighted by molar-refractivity contribution is 6.07. The Morgan fingerprint density at radius 3 is 2.81 bits per heavy atom. The van der Waals surface area contributed by atoms with E-state index in [4.69, 9.17) is 4.98 Å².